The Kier molecular flexibility index (Phi) is 6.26. The van der Waals surface area contributed by atoms with Gasteiger partial charge in [-0.2, -0.15) is 9.97 Å². The van der Waals surface area contributed by atoms with Crippen LogP contribution < -0.4 is 15.2 Å². The summed E-state index contributed by atoms with van der Waals surface area (Å²) in [5.74, 6) is 1.52. The van der Waals surface area contributed by atoms with Gasteiger partial charge in [-0.1, -0.05) is 74.5 Å². The summed E-state index contributed by atoms with van der Waals surface area (Å²) in [5.41, 5.74) is 8.90. The van der Waals surface area contributed by atoms with Crippen LogP contribution in [0.1, 0.15) is 30.5 Å². The van der Waals surface area contributed by atoms with E-state index in [2.05, 4.69) is 23.8 Å². The molecule has 1 aromatic heterocycles. The molecular formula is C22H25N3O2. The van der Waals surface area contributed by atoms with Gasteiger partial charge in [-0.15, -0.1) is 0 Å². The molecule has 140 valence electrons. The molecule has 0 aliphatic heterocycles. The Morgan fingerprint density at radius 2 is 1.22 bits per heavy atom. The second kappa shape index (κ2) is 9.03. The normalized spacial score (nSPS) is 10.8. The van der Waals surface area contributed by atoms with Crippen molar-refractivity contribution >= 4 is 5.95 Å². The minimum Gasteiger partial charge on any atom is -0.472 e. The summed E-state index contributed by atoms with van der Waals surface area (Å²) in [6, 6.07) is 19.9. The van der Waals surface area contributed by atoms with Crippen LogP contribution in [0.3, 0.4) is 0 Å². The van der Waals surface area contributed by atoms with Gasteiger partial charge in [-0.3, -0.25) is 0 Å². The van der Waals surface area contributed by atoms with Gasteiger partial charge in [0.25, 0.3) is 0 Å². The molecule has 0 unspecified atom stereocenters. The highest BCUT2D eigenvalue weighted by Gasteiger charge is 2.18. The summed E-state index contributed by atoms with van der Waals surface area (Å²) >= 11 is 0. The molecule has 2 N–H and O–H groups in total. The minimum atomic E-state index is 0.147. The van der Waals surface area contributed by atoms with E-state index in [1.165, 1.54) is 0 Å². The average molecular weight is 363 g/mol. The first-order valence-electron chi connectivity index (χ1n) is 9.11. The van der Waals surface area contributed by atoms with Crippen LogP contribution in [-0.4, -0.2) is 9.97 Å². The first kappa shape index (κ1) is 18.7. The molecule has 3 aromatic rings. The zero-order valence-electron chi connectivity index (χ0n) is 15.8. The summed E-state index contributed by atoms with van der Waals surface area (Å²) in [6.45, 7) is 5.11. The standard InChI is InChI=1S/C22H25N3O2/c1-16(2)13-19-20(26-14-17-9-5-3-6-10-17)24-22(23)25-21(19)27-15-18-11-7-4-8-12-18/h3-12,16H,13-15H2,1-2H3,(H2,23,24,25). The molecule has 1 heterocycles. The number of hydrogen-bond acceptors (Lipinski definition) is 5. The zero-order valence-corrected chi connectivity index (χ0v) is 15.8. The van der Waals surface area contributed by atoms with Crippen molar-refractivity contribution in [2.45, 2.75) is 33.5 Å². The van der Waals surface area contributed by atoms with Crippen LogP contribution in [0.25, 0.3) is 0 Å². The topological polar surface area (TPSA) is 70.3 Å². The van der Waals surface area contributed by atoms with Crippen LogP contribution in [0.5, 0.6) is 11.8 Å². The predicted molar refractivity (Wildman–Crippen MR) is 107 cm³/mol. The van der Waals surface area contributed by atoms with E-state index < -0.39 is 0 Å². The van der Waals surface area contributed by atoms with Gasteiger partial charge in [0, 0.05) is 0 Å². The molecule has 0 bridgehead atoms. The van der Waals surface area contributed by atoms with Crippen molar-refractivity contribution in [2.75, 3.05) is 5.73 Å². The summed E-state index contributed by atoms with van der Waals surface area (Å²) < 4.78 is 12.0. The van der Waals surface area contributed by atoms with Crippen LogP contribution in [-0.2, 0) is 19.6 Å². The Bertz CT molecular complexity index is 787. The van der Waals surface area contributed by atoms with Gasteiger partial charge in [0.1, 0.15) is 13.2 Å². The molecule has 0 saturated heterocycles. The average Bonchev–Trinajstić information content (AvgIpc) is 2.68. The number of nitrogens with zero attached hydrogens (tertiary/aromatic N) is 2. The minimum absolute atomic E-state index is 0.147. The van der Waals surface area contributed by atoms with Crippen LogP contribution in [0.4, 0.5) is 5.95 Å². The fourth-order valence-corrected chi connectivity index (χ4v) is 2.73. The zero-order chi connectivity index (χ0) is 19.1. The Morgan fingerprint density at radius 3 is 1.63 bits per heavy atom. The van der Waals surface area contributed by atoms with Crippen molar-refractivity contribution in [2.24, 2.45) is 5.92 Å². The number of rotatable bonds is 8. The molecule has 0 fully saturated rings. The molecule has 0 atom stereocenters. The van der Waals surface area contributed by atoms with Gasteiger partial charge in [-0.05, 0) is 23.5 Å². The number of anilines is 1. The van der Waals surface area contributed by atoms with Gasteiger partial charge in [-0.25, -0.2) is 0 Å². The van der Waals surface area contributed by atoms with E-state index in [-0.39, 0.29) is 5.95 Å². The Morgan fingerprint density at radius 1 is 0.778 bits per heavy atom. The van der Waals surface area contributed by atoms with E-state index in [1.54, 1.807) is 0 Å². The van der Waals surface area contributed by atoms with Crippen molar-refractivity contribution in [3.05, 3.63) is 77.4 Å². The summed E-state index contributed by atoms with van der Waals surface area (Å²) in [4.78, 5) is 8.64. The van der Waals surface area contributed by atoms with Gasteiger partial charge in [0.15, 0.2) is 0 Å². The highest BCUT2D eigenvalue weighted by atomic mass is 16.5. The Balaban J connectivity index is 1.83. The molecule has 0 amide bonds. The highest BCUT2D eigenvalue weighted by molar-refractivity contribution is 5.41. The van der Waals surface area contributed by atoms with E-state index in [1.807, 2.05) is 60.7 Å². The number of aromatic nitrogens is 2. The van der Waals surface area contributed by atoms with E-state index in [9.17, 15) is 0 Å². The highest BCUT2D eigenvalue weighted by Crippen LogP contribution is 2.30. The van der Waals surface area contributed by atoms with Crippen LogP contribution in [0, 0.1) is 5.92 Å². The smallest absolute Gasteiger partial charge is 0.226 e. The monoisotopic (exact) mass is 363 g/mol. The molecular weight excluding hydrogens is 338 g/mol. The van der Waals surface area contributed by atoms with Crippen LogP contribution in [0.2, 0.25) is 0 Å². The number of hydrogen-bond donors (Lipinski definition) is 1. The summed E-state index contributed by atoms with van der Waals surface area (Å²) in [5, 5.41) is 0. The summed E-state index contributed by atoms with van der Waals surface area (Å²) in [6.07, 6.45) is 0.745. The molecule has 0 aliphatic carbocycles. The lowest BCUT2D eigenvalue weighted by Crippen LogP contribution is -2.10. The molecule has 5 heteroatoms. The van der Waals surface area contributed by atoms with Crippen molar-refractivity contribution in [1.82, 2.24) is 9.97 Å². The van der Waals surface area contributed by atoms with Crippen molar-refractivity contribution in [1.29, 1.82) is 0 Å². The van der Waals surface area contributed by atoms with Crippen LogP contribution >= 0.6 is 0 Å². The van der Waals surface area contributed by atoms with Gasteiger partial charge >= 0.3 is 0 Å². The Hall–Kier alpha value is -3.08. The fraction of sp³-hybridized carbons (Fsp3) is 0.273. The molecule has 0 spiro atoms. The van der Waals surface area contributed by atoms with E-state index in [4.69, 9.17) is 15.2 Å². The third kappa shape index (κ3) is 5.45. The molecule has 3 rings (SSSR count). The molecule has 0 aliphatic rings. The summed E-state index contributed by atoms with van der Waals surface area (Å²) in [7, 11) is 0. The molecule has 0 radical (unpaired) electrons. The molecule has 0 saturated carbocycles. The van der Waals surface area contributed by atoms with Gasteiger partial charge in [0.05, 0.1) is 5.56 Å². The lowest BCUT2D eigenvalue weighted by molar-refractivity contribution is 0.266. The predicted octanol–water partition coefficient (Wildman–Crippen LogP) is 4.42. The van der Waals surface area contributed by atoms with Gasteiger partial charge in [0.2, 0.25) is 17.7 Å². The van der Waals surface area contributed by atoms with Gasteiger partial charge < -0.3 is 15.2 Å². The fourth-order valence-electron chi connectivity index (χ4n) is 2.73. The largest absolute Gasteiger partial charge is 0.472 e. The maximum absolute atomic E-state index is 5.99. The van der Waals surface area contributed by atoms with E-state index >= 15 is 0 Å². The first-order valence-corrected chi connectivity index (χ1v) is 9.11. The maximum Gasteiger partial charge on any atom is 0.226 e. The van der Waals surface area contributed by atoms with Crippen molar-refractivity contribution in [3.8, 4) is 11.8 Å². The lowest BCUT2D eigenvalue weighted by atomic mass is 10.0. The van der Waals surface area contributed by atoms with Crippen molar-refractivity contribution in [3.63, 3.8) is 0 Å². The van der Waals surface area contributed by atoms with E-state index in [0.717, 1.165) is 23.1 Å². The van der Waals surface area contributed by atoms with Crippen LogP contribution in [0.15, 0.2) is 60.7 Å². The number of benzene rings is 2. The second-order valence-electron chi connectivity index (χ2n) is 6.82. The number of ether oxygens (including phenoxy) is 2. The maximum atomic E-state index is 5.99. The number of nitrogens with two attached hydrogens (primary N) is 1. The first-order chi connectivity index (χ1) is 13.1. The second-order valence-corrected chi connectivity index (χ2v) is 6.82. The van der Waals surface area contributed by atoms with Crippen molar-refractivity contribution < 1.29 is 9.47 Å². The van der Waals surface area contributed by atoms with E-state index in [0.29, 0.717) is 30.9 Å². The molecule has 5 nitrogen and oxygen atoms in total. The molecule has 27 heavy (non-hydrogen) atoms. The third-order valence-electron chi connectivity index (χ3n) is 4.00. The quantitative estimate of drug-likeness (QED) is 0.642. The lowest BCUT2D eigenvalue weighted by Gasteiger charge is -2.16. The SMILES string of the molecule is CC(C)Cc1c(OCc2ccccc2)nc(N)nc1OCc1ccccc1. The number of nitrogen functional groups attached to an aromatic ring is 1. The Labute approximate surface area is 160 Å². The third-order valence-corrected chi connectivity index (χ3v) is 4.00. The molecule has 2 aromatic carbocycles.